The zero-order chi connectivity index (χ0) is 19.2. The third-order valence-electron chi connectivity index (χ3n) is 3.63. The molecule has 0 aliphatic rings. The highest BCUT2D eigenvalue weighted by molar-refractivity contribution is 6.77. The Morgan fingerprint density at radius 3 is 1.19 bits per heavy atom. The number of hydrogen-bond donors (Lipinski definition) is 0. The number of para-hydroxylation sites is 3. The maximum atomic E-state index is 6.45. The molecule has 6 heteroatoms. The largest absolute Gasteiger partial charge is 0.620 e. The van der Waals surface area contributed by atoms with Crippen LogP contribution in [0.4, 0.5) is 0 Å². The summed E-state index contributed by atoms with van der Waals surface area (Å²) in [5.74, 6) is 2.21. The van der Waals surface area contributed by atoms with Crippen LogP contribution in [0.15, 0.2) is 91.0 Å². The molecule has 0 atom stereocenters. The van der Waals surface area contributed by atoms with Crippen LogP contribution in [0.5, 0.6) is 17.2 Å². The van der Waals surface area contributed by atoms with Gasteiger partial charge in [-0.15, -0.1) is 0 Å². The zero-order valence-electron chi connectivity index (χ0n) is 15.8. The van der Waals surface area contributed by atoms with E-state index < -0.39 is 17.4 Å². The maximum absolute atomic E-state index is 6.45. The molecule has 0 heterocycles. The molecule has 0 saturated heterocycles. The molecule has 0 aromatic heterocycles. The third-order valence-corrected chi connectivity index (χ3v) is 9.02. The van der Waals surface area contributed by atoms with E-state index in [0.717, 1.165) is 5.75 Å². The van der Waals surface area contributed by atoms with E-state index in [9.17, 15) is 0 Å². The van der Waals surface area contributed by atoms with Crippen LogP contribution >= 0.6 is 0 Å². The molecule has 3 aromatic carbocycles. The molecule has 0 fully saturated rings. The van der Waals surface area contributed by atoms with Gasteiger partial charge in [0.25, 0.3) is 0 Å². The molecule has 0 unspecified atom stereocenters. The Hall–Kier alpha value is -2.55. The monoisotopic (exact) mass is 396 g/mol. The lowest BCUT2D eigenvalue weighted by molar-refractivity contribution is 0.241. The van der Waals surface area contributed by atoms with Crippen molar-refractivity contribution < 1.29 is 17.4 Å². The Morgan fingerprint density at radius 2 is 0.815 bits per heavy atom. The van der Waals surface area contributed by atoms with Crippen LogP contribution in [0, 0.1) is 0 Å². The van der Waals surface area contributed by atoms with Gasteiger partial charge in [-0.1, -0.05) is 54.6 Å². The highest BCUT2D eigenvalue weighted by Crippen LogP contribution is 2.25. The Bertz CT molecular complexity index is 785. The van der Waals surface area contributed by atoms with Crippen molar-refractivity contribution in [3.05, 3.63) is 91.0 Å². The summed E-state index contributed by atoms with van der Waals surface area (Å²) in [6, 6.07) is 28.9. The average molecular weight is 397 g/mol. The fourth-order valence-corrected chi connectivity index (χ4v) is 8.65. The van der Waals surface area contributed by atoms with Crippen LogP contribution in [-0.4, -0.2) is 17.4 Å². The van der Waals surface area contributed by atoms with Gasteiger partial charge in [0, 0.05) is 6.55 Å². The van der Waals surface area contributed by atoms with Gasteiger partial charge in [0.2, 0.25) is 0 Å². The van der Waals surface area contributed by atoms with Gasteiger partial charge < -0.3 is 17.4 Å². The van der Waals surface area contributed by atoms with Gasteiger partial charge in [0.15, 0.2) is 0 Å². The van der Waals surface area contributed by atoms with Crippen molar-refractivity contribution in [1.82, 2.24) is 0 Å². The first-order chi connectivity index (χ1) is 12.9. The van der Waals surface area contributed by atoms with Gasteiger partial charge in [-0.25, -0.2) is 0 Å². The predicted molar refractivity (Wildman–Crippen MR) is 111 cm³/mol. The van der Waals surface area contributed by atoms with E-state index in [1.165, 1.54) is 0 Å². The number of benzene rings is 3. The Labute approximate surface area is 162 Å². The van der Waals surface area contributed by atoms with Gasteiger partial charge in [0.1, 0.15) is 17.2 Å². The number of hydrogen-bond acceptors (Lipinski definition) is 4. The molecule has 0 saturated carbocycles. The molecule has 0 aliphatic carbocycles. The van der Waals surface area contributed by atoms with Gasteiger partial charge in [-0.2, -0.15) is 0 Å². The minimum Gasteiger partial charge on any atom is -0.521 e. The molecule has 0 radical (unpaired) electrons. The minimum atomic E-state index is -3.08. The van der Waals surface area contributed by atoms with E-state index in [4.69, 9.17) is 17.4 Å². The molecule has 140 valence electrons. The second-order valence-corrected chi connectivity index (χ2v) is 12.6. The first-order valence-electron chi connectivity index (χ1n) is 8.87. The highest BCUT2D eigenvalue weighted by atomic mass is 28.5. The molecule has 0 aliphatic heterocycles. The maximum Gasteiger partial charge on any atom is 0.620 e. The van der Waals surface area contributed by atoms with Gasteiger partial charge in [0.05, 0.1) is 0 Å². The molecular formula is C21H24O4Si2. The minimum absolute atomic E-state index is 0.715. The topological polar surface area (TPSA) is 36.9 Å². The molecule has 0 bridgehead atoms. The normalized spacial score (nSPS) is 11.7. The van der Waals surface area contributed by atoms with Crippen LogP contribution in [0.1, 0.15) is 0 Å². The van der Waals surface area contributed by atoms with Crippen LogP contribution in [0.2, 0.25) is 19.6 Å². The van der Waals surface area contributed by atoms with Crippen molar-refractivity contribution in [2.45, 2.75) is 19.6 Å². The molecule has 0 spiro atoms. The summed E-state index contributed by atoms with van der Waals surface area (Å²) < 4.78 is 25.1. The van der Waals surface area contributed by atoms with Crippen molar-refractivity contribution in [3.8, 4) is 17.2 Å². The first-order valence-corrected chi connectivity index (χ1v) is 13.9. The Balaban J connectivity index is 1.82. The van der Waals surface area contributed by atoms with Crippen molar-refractivity contribution in [2.24, 2.45) is 0 Å². The van der Waals surface area contributed by atoms with E-state index in [1.54, 1.807) is 0 Å². The van der Waals surface area contributed by atoms with Crippen LogP contribution in [0.3, 0.4) is 0 Å². The van der Waals surface area contributed by atoms with E-state index in [-0.39, 0.29) is 0 Å². The summed E-state index contributed by atoms with van der Waals surface area (Å²) >= 11 is 0. The predicted octanol–water partition coefficient (Wildman–Crippen LogP) is 5.51. The van der Waals surface area contributed by atoms with Crippen LogP contribution < -0.4 is 13.3 Å². The summed E-state index contributed by atoms with van der Waals surface area (Å²) in [4.78, 5) is 0. The molecule has 3 rings (SSSR count). The van der Waals surface area contributed by atoms with E-state index in [2.05, 4.69) is 0 Å². The van der Waals surface area contributed by atoms with Crippen molar-refractivity contribution in [1.29, 1.82) is 0 Å². The summed E-state index contributed by atoms with van der Waals surface area (Å²) in [5.41, 5.74) is 0. The van der Waals surface area contributed by atoms with E-state index in [0.29, 0.717) is 11.5 Å². The number of rotatable bonds is 8. The second kappa shape index (κ2) is 8.43. The molecule has 0 N–H and O–H groups in total. The van der Waals surface area contributed by atoms with Crippen molar-refractivity contribution >= 4 is 17.4 Å². The standard InChI is InChI=1S/C21H24O4Si2/c1-26(2,22-19-13-7-4-8-14-19)25-27(3,23-20-15-9-5-10-16-20)24-21-17-11-6-12-18-21/h4-18H,1-3H3. The highest BCUT2D eigenvalue weighted by Gasteiger charge is 2.48. The second-order valence-electron chi connectivity index (χ2n) is 6.61. The van der Waals surface area contributed by atoms with Crippen LogP contribution in [-0.2, 0) is 4.12 Å². The summed E-state index contributed by atoms with van der Waals surface area (Å²) in [6.45, 7) is 5.89. The van der Waals surface area contributed by atoms with Gasteiger partial charge in [-0.05, 0) is 49.5 Å². The van der Waals surface area contributed by atoms with E-state index >= 15 is 0 Å². The Kier molecular flexibility index (Phi) is 6.00. The third kappa shape index (κ3) is 5.99. The van der Waals surface area contributed by atoms with Crippen molar-refractivity contribution in [2.75, 3.05) is 0 Å². The SMILES string of the molecule is C[Si](C)(Oc1ccccc1)O[Si](C)(Oc1ccccc1)Oc1ccccc1. The summed E-state index contributed by atoms with van der Waals surface area (Å²) in [7, 11) is -5.66. The van der Waals surface area contributed by atoms with E-state index in [1.807, 2.05) is 111 Å². The van der Waals surface area contributed by atoms with Gasteiger partial charge in [-0.3, -0.25) is 0 Å². The molecular weight excluding hydrogens is 372 g/mol. The molecule has 3 aromatic rings. The summed E-state index contributed by atoms with van der Waals surface area (Å²) in [6.07, 6.45) is 0. The smallest absolute Gasteiger partial charge is 0.521 e. The average Bonchev–Trinajstić information content (AvgIpc) is 2.63. The van der Waals surface area contributed by atoms with Crippen LogP contribution in [0.25, 0.3) is 0 Å². The first kappa shape index (κ1) is 19.2. The summed E-state index contributed by atoms with van der Waals surface area (Å²) in [5, 5.41) is 0. The lowest BCUT2D eigenvalue weighted by atomic mass is 10.3. The van der Waals surface area contributed by atoms with Crippen molar-refractivity contribution in [3.63, 3.8) is 0 Å². The molecule has 0 amide bonds. The lowest BCUT2D eigenvalue weighted by Gasteiger charge is -2.34. The molecule has 27 heavy (non-hydrogen) atoms. The Morgan fingerprint density at radius 1 is 0.481 bits per heavy atom. The van der Waals surface area contributed by atoms with Gasteiger partial charge >= 0.3 is 17.4 Å². The zero-order valence-corrected chi connectivity index (χ0v) is 17.8. The molecule has 4 nitrogen and oxygen atoms in total. The fraction of sp³-hybridized carbons (Fsp3) is 0.143. The fourth-order valence-electron chi connectivity index (χ4n) is 2.71. The quantitative estimate of drug-likeness (QED) is 0.470. The lowest BCUT2D eigenvalue weighted by Crippen LogP contribution is -2.58.